The number of sulfonamides is 1. The van der Waals surface area contributed by atoms with E-state index in [2.05, 4.69) is 15.5 Å². The third-order valence-electron chi connectivity index (χ3n) is 4.21. The van der Waals surface area contributed by atoms with Crippen molar-refractivity contribution >= 4 is 10.0 Å². The van der Waals surface area contributed by atoms with Gasteiger partial charge < -0.3 is 5.32 Å². The van der Waals surface area contributed by atoms with Gasteiger partial charge in [0, 0.05) is 25.7 Å². The maximum atomic E-state index is 12.9. The predicted octanol–water partition coefficient (Wildman–Crippen LogP) is 1.39. The average molecular weight is 312 g/mol. The molecule has 0 radical (unpaired) electrons. The number of aromatic amines is 1. The molecule has 1 aromatic rings. The van der Waals surface area contributed by atoms with E-state index in [9.17, 15) is 8.42 Å². The van der Waals surface area contributed by atoms with Gasteiger partial charge in [0.05, 0.1) is 11.4 Å². The Morgan fingerprint density at radius 3 is 2.62 bits per heavy atom. The Balaban J connectivity index is 1.83. The lowest BCUT2D eigenvalue weighted by atomic mass is 10.3. The molecule has 0 amide bonds. The van der Waals surface area contributed by atoms with Crippen LogP contribution >= 0.6 is 0 Å². The van der Waals surface area contributed by atoms with Gasteiger partial charge in [0.2, 0.25) is 10.0 Å². The Morgan fingerprint density at radius 2 is 2.05 bits per heavy atom. The monoisotopic (exact) mass is 312 g/mol. The van der Waals surface area contributed by atoms with E-state index in [4.69, 9.17) is 0 Å². The third kappa shape index (κ3) is 3.30. The lowest BCUT2D eigenvalue weighted by molar-refractivity contribution is 0.411. The Bertz CT molecular complexity index is 602. The standard InChI is InChI=1S/C14H24N4O2S/c1-3-18(9-11-4-5-11)21(19,20)14-10(2)16-17-13(14)8-15-12-6-7-12/h11-12,15H,3-9H2,1-2H3,(H,16,17). The van der Waals surface area contributed by atoms with E-state index in [1.165, 1.54) is 12.8 Å². The van der Waals surface area contributed by atoms with E-state index in [1.807, 2.05) is 6.92 Å². The second-order valence-corrected chi connectivity index (χ2v) is 8.05. The van der Waals surface area contributed by atoms with Crippen LogP contribution in [-0.4, -0.2) is 42.1 Å². The zero-order valence-corrected chi connectivity index (χ0v) is 13.5. The minimum Gasteiger partial charge on any atom is -0.308 e. The second kappa shape index (κ2) is 5.70. The summed E-state index contributed by atoms with van der Waals surface area (Å²) in [5.74, 6) is 0.542. The van der Waals surface area contributed by atoms with Gasteiger partial charge in [0.1, 0.15) is 4.90 Å². The minimum absolute atomic E-state index is 0.373. The first kappa shape index (κ1) is 15.0. The smallest absolute Gasteiger partial charge is 0.246 e. The van der Waals surface area contributed by atoms with Crippen molar-refractivity contribution in [2.24, 2.45) is 5.92 Å². The summed E-state index contributed by atoms with van der Waals surface area (Å²) in [6.45, 7) is 5.35. The van der Waals surface area contributed by atoms with Gasteiger partial charge in [-0.3, -0.25) is 5.10 Å². The third-order valence-corrected chi connectivity index (χ3v) is 6.35. The lowest BCUT2D eigenvalue weighted by Gasteiger charge is -2.20. The van der Waals surface area contributed by atoms with E-state index < -0.39 is 10.0 Å². The van der Waals surface area contributed by atoms with E-state index >= 15 is 0 Å². The van der Waals surface area contributed by atoms with Gasteiger partial charge in [-0.1, -0.05) is 6.92 Å². The SMILES string of the molecule is CCN(CC1CC1)S(=O)(=O)c1c(CNC2CC2)n[nH]c1C. The van der Waals surface area contributed by atoms with E-state index in [1.54, 1.807) is 11.2 Å². The zero-order chi connectivity index (χ0) is 15.0. The number of hydrogen-bond donors (Lipinski definition) is 2. The molecule has 2 aliphatic carbocycles. The minimum atomic E-state index is -3.45. The second-order valence-electron chi connectivity index (χ2n) is 6.18. The Kier molecular flexibility index (Phi) is 4.07. The predicted molar refractivity (Wildman–Crippen MR) is 80.3 cm³/mol. The van der Waals surface area contributed by atoms with Gasteiger partial charge in [-0.15, -0.1) is 0 Å². The van der Waals surface area contributed by atoms with Gasteiger partial charge in [-0.05, 0) is 38.5 Å². The average Bonchev–Trinajstić information content (AvgIpc) is 3.34. The molecule has 0 spiro atoms. The summed E-state index contributed by atoms with van der Waals surface area (Å²) in [6, 6.07) is 0.534. The normalized spacial score (nSPS) is 19.4. The summed E-state index contributed by atoms with van der Waals surface area (Å²) in [4.78, 5) is 0.373. The maximum absolute atomic E-state index is 12.9. The highest BCUT2D eigenvalue weighted by Crippen LogP contribution is 2.32. The van der Waals surface area contributed by atoms with Crippen LogP contribution in [0.2, 0.25) is 0 Å². The molecule has 2 aliphatic rings. The number of nitrogens with zero attached hydrogens (tertiary/aromatic N) is 2. The largest absolute Gasteiger partial charge is 0.308 e. The van der Waals surface area contributed by atoms with E-state index in [-0.39, 0.29) is 0 Å². The molecule has 2 N–H and O–H groups in total. The van der Waals surface area contributed by atoms with Crippen molar-refractivity contribution < 1.29 is 8.42 Å². The van der Waals surface area contributed by atoms with Crippen LogP contribution < -0.4 is 5.32 Å². The molecule has 0 aromatic carbocycles. The van der Waals surface area contributed by atoms with Crippen molar-refractivity contribution in [3.8, 4) is 0 Å². The number of nitrogens with one attached hydrogen (secondary N) is 2. The molecule has 0 saturated heterocycles. The summed E-state index contributed by atoms with van der Waals surface area (Å²) in [5, 5.41) is 10.4. The van der Waals surface area contributed by atoms with Crippen LogP contribution in [0.25, 0.3) is 0 Å². The fraction of sp³-hybridized carbons (Fsp3) is 0.786. The highest BCUT2D eigenvalue weighted by molar-refractivity contribution is 7.89. The molecule has 0 unspecified atom stereocenters. The van der Waals surface area contributed by atoms with E-state index in [0.29, 0.717) is 47.9 Å². The molecular formula is C14H24N4O2S. The van der Waals surface area contributed by atoms with Crippen LogP contribution in [0.4, 0.5) is 0 Å². The molecular weight excluding hydrogens is 288 g/mol. The zero-order valence-electron chi connectivity index (χ0n) is 12.7. The summed E-state index contributed by atoms with van der Waals surface area (Å²) in [7, 11) is -3.45. The Morgan fingerprint density at radius 1 is 1.33 bits per heavy atom. The van der Waals surface area contributed by atoms with Gasteiger partial charge in [-0.2, -0.15) is 9.40 Å². The molecule has 0 aliphatic heterocycles. The Labute approximate surface area is 126 Å². The highest BCUT2D eigenvalue weighted by Gasteiger charge is 2.34. The molecule has 118 valence electrons. The first-order valence-corrected chi connectivity index (χ1v) is 9.23. The fourth-order valence-electron chi connectivity index (χ4n) is 2.57. The van der Waals surface area contributed by atoms with Crippen molar-refractivity contribution in [1.29, 1.82) is 0 Å². The summed E-state index contributed by atoms with van der Waals surface area (Å²) >= 11 is 0. The molecule has 6 nitrogen and oxygen atoms in total. The summed E-state index contributed by atoms with van der Waals surface area (Å²) in [5.41, 5.74) is 1.26. The first-order valence-electron chi connectivity index (χ1n) is 7.79. The summed E-state index contributed by atoms with van der Waals surface area (Å²) in [6.07, 6.45) is 4.64. The lowest BCUT2D eigenvalue weighted by Crippen LogP contribution is -2.34. The molecule has 1 aromatic heterocycles. The van der Waals surface area contributed by atoms with Crippen LogP contribution in [0.1, 0.15) is 44.0 Å². The topological polar surface area (TPSA) is 78.1 Å². The van der Waals surface area contributed by atoms with Crippen LogP contribution in [0.15, 0.2) is 4.90 Å². The van der Waals surface area contributed by atoms with Crippen molar-refractivity contribution in [2.75, 3.05) is 13.1 Å². The van der Waals surface area contributed by atoms with Gasteiger partial charge in [0.25, 0.3) is 0 Å². The molecule has 7 heteroatoms. The quantitative estimate of drug-likeness (QED) is 0.760. The number of hydrogen-bond acceptors (Lipinski definition) is 4. The van der Waals surface area contributed by atoms with Crippen LogP contribution in [0, 0.1) is 12.8 Å². The number of aryl methyl sites for hydroxylation is 1. The number of aromatic nitrogens is 2. The van der Waals surface area contributed by atoms with Gasteiger partial charge in [0.15, 0.2) is 0 Å². The van der Waals surface area contributed by atoms with Crippen molar-refractivity contribution in [3.05, 3.63) is 11.4 Å². The van der Waals surface area contributed by atoms with Crippen LogP contribution in [0.3, 0.4) is 0 Å². The highest BCUT2D eigenvalue weighted by atomic mass is 32.2. The molecule has 2 fully saturated rings. The van der Waals surface area contributed by atoms with Crippen LogP contribution in [-0.2, 0) is 16.6 Å². The van der Waals surface area contributed by atoms with Crippen molar-refractivity contribution in [2.45, 2.75) is 57.0 Å². The van der Waals surface area contributed by atoms with Crippen LogP contribution in [0.5, 0.6) is 0 Å². The van der Waals surface area contributed by atoms with Crippen molar-refractivity contribution in [1.82, 2.24) is 19.8 Å². The summed E-state index contributed by atoms with van der Waals surface area (Å²) < 4.78 is 27.5. The molecule has 0 bridgehead atoms. The number of H-pyrrole nitrogens is 1. The van der Waals surface area contributed by atoms with Gasteiger partial charge in [-0.25, -0.2) is 8.42 Å². The number of rotatable bonds is 8. The molecule has 0 atom stereocenters. The van der Waals surface area contributed by atoms with Gasteiger partial charge >= 0.3 is 0 Å². The van der Waals surface area contributed by atoms with E-state index in [0.717, 1.165) is 12.8 Å². The molecule has 3 rings (SSSR count). The molecule has 21 heavy (non-hydrogen) atoms. The maximum Gasteiger partial charge on any atom is 0.246 e. The molecule has 2 saturated carbocycles. The first-order chi connectivity index (χ1) is 10.0. The fourth-order valence-corrected chi connectivity index (χ4v) is 4.43. The Hall–Kier alpha value is -0.920. The van der Waals surface area contributed by atoms with Crippen molar-refractivity contribution in [3.63, 3.8) is 0 Å². The molecule has 1 heterocycles.